The van der Waals surface area contributed by atoms with Crippen LogP contribution in [0, 0.1) is 0 Å². The minimum absolute atomic E-state index is 0.0854. The van der Waals surface area contributed by atoms with Crippen molar-refractivity contribution in [2.24, 2.45) is 0 Å². The standard InChI is InChI=1S/C23H25N5O3S/c1-31-19-11-6-5-10-18(19)21-25-26-23(28(21)14-12-17-8-3-2-4-9-17)32-15-7-13-27-20(29)16-24-22(27)30/h2-6,8-11H,7,12-16H2,1H3,(H,24,30). The first-order valence-corrected chi connectivity index (χ1v) is 11.5. The monoisotopic (exact) mass is 451 g/mol. The Balaban J connectivity index is 1.50. The van der Waals surface area contributed by atoms with Crippen LogP contribution in [0.25, 0.3) is 11.4 Å². The van der Waals surface area contributed by atoms with Crippen LogP contribution in [0.3, 0.4) is 0 Å². The molecule has 0 unspecified atom stereocenters. The maximum atomic E-state index is 11.7. The molecule has 2 aromatic carbocycles. The van der Waals surface area contributed by atoms with Gasteiger partial charge in [0.15, 0.2) is 11.0 Å². The number of nitrogens with zero attached hydrogens (tertiary/aromatic N) is 4. The van der Waals surface area contributed by atoms with Gasteiger partial charge in [-0.25, -0.2) is 4.79 Å². The van der Waals surface area contributed by atoms with Crippen molar-refractivity contribution in [3.63, 3.8) is 0 Å². The number of nitrogens with one attached hydrogen (secondary N) is 1. The number of thioether (sulfide) groups is 1. The lowest BCUT2D eigenvalue weighted by molar-refractivity contribution is -0.124. The lowest BCUT2D eigenvalue weighted by Gasteiger charge is -2.13. The number of aromatic nitrogens is 3. The highest BCUT2D eigenvalue weighted by Gasteiger charge is 2.27. The molecule has 0 aliphatic carbocycles. The molecule has 32 heavy (non-hydrogen) atoms. The fraction of sp³-hybridized carbons (Fsp3) is 0.304. The van der Waals surface area contributed by atoms with Crippen molar-refractivity contribution in [1.29, 1.82) is 0 Å². The van der Waals surface area contributed by atoms with Crippen molar-refractivity contribution in [3.05, 3.63) is 60.2 Å². The third-order valence-electron chi connectivity index (χ3n) is 5.23. The Bertz CT molecular complexity index is 1070. The van der Waals surface area contributed by atoms with E-state index in [1.165, 1.54) is 10.5 Å². The number of ether oxygens (including phenoxy) is 1. The Kier molecular flexibility index (Phi) is 7.06. The fourth-order valence-electron chi connectivity index (χ4n) is 3.58. The van der Waals surface area contributed by atoms with Crippen LogP contribution in [0.2, 0.25) is 0 Å². The van der Waals surface area contributed by atoms with Crippen molar-refractivity contribution in [3.8, 4) is 17.1 Å². The molecular formula is C23H25N5O3S. The number of urea groups is 1. The minimum Gasteiger partial charge on any atom is -0.496 e. The van der Waals surface area contributed by atoms with Crippen LogP contribution in [0.5, 0.6) is 5.75 Å². The average molecular weight is 452 g/mol. The molecule has 1 saturated heterocycles. The highest BCUT2D eigenvalue weighted by molar-refractivity contribution is 7.99. The molecule has 1 aliphatic heterocycles. The number of amides is 3. The fourth-order valence-corrected chi connectivity index (χ4v) is 4.47. The molecule has 0 radical (unpaired) electrons. The smallest absolute Gasteiger partial charge is 0.324 e. The second-order valence-corrected chi connectivity index (χ2v) is 8.36. The first kappa shape index (κ1) is 21.9. The molecule has 9 heteroatoms. The van der Waals surface area contributed by atoms with Crippen LogP contribution in [0.1, 0.15) is 12.0 Å². The summed E-state index contributed by atoms with van der Waals surface area (Å²) in [7, 11) is 1.65. The molecule has 2 heterocycles. The molecule has 4 rings (SSSR count). The van der Waals surface area contributed by atoms with E-state index in [2.05, 4.69) is 32.2 Å². The second-order valence-electron chi connectivity index (χ2n) is 7.30. The molecule has 1 aliphatic rings. The van der Waals surface area contributed by atoms with E-state index < -0.39 is 0 Å². The third kappa shape index (κ3) is 4.94. The number of benzene rings is 2. The largest absolute Gasteiger partial charge is 0.496 e. The SMILES string of the molecule is COc1ccccc1-c1nnc(SCCCN2C(=O)CNC2=O)n1CCc1ccccc1. The molecule has 1 aromatic heterocycles. The van der Waals surface area contributed by atoms with Gasteiger partial charge in [-0.05, 0) is 30.5 Å². The summed E-state index contributed by atoms with van der Waals surface area (Å²) in [5, 5.41) is 12.3. The quantitative estimate of drug-likeness (QED) is 0.289. The van der Waals surface area contributed by atoms with Gasteiger partial charge in [0, 0.05) is 18.8 Å². The van der Waals surface area contributed by atoms with Gasteiger partial charge >= 0.3 is 6.03 Å². The summed E-state index contributed by atoms with van der Waals surface area (Å²) >= 11 is 1.58. The van der Waals surface area contributed by atoms with Crippen LogP contribution in [0.4, 0.5) is 4.79 Å². The number of carbonyl (C=O) groups is 2. The van der Waals surface area contributed by atoms with Gasteiger partial charge in [0.2, 0.25) is 5.91 Å². The molecule has 0 bridgehead atoms. The van der Waals surface area contributed by atoms with Gasteiger partial charge < -0.3 is 14.6 Å². The van der Waals surface area contributed by atoms with E-state index in [9.17, 15) is 9.59 Å². The summed E-state index contributed by atoms with van der Waals surface area (Å²) in [5.74, 6) is 2.04. The number of hydrogen-bond donors (Lipinski definition) is 1. The van der Waals surface area contributed by atoms with Gasteiger partial charge in [-0.15, -0.1) is 10.2 Å². The lowest BCUT2D eigenvalue weighted by atomic mass is 10.1. The average Bonchev–Trinajstić information content (AvgIpc) is 3.38. The molecule has 3 amide bonds. The highest BCUT2D eigenvalue weighted by atomic mass is 32.2. The van der Waals surface area contributed by atoms with Crippen LogP contribution in [0.15, 0.2) is 59.8 Å². The van der Waals surface area contributed by atoms with Crippen LogP contribution >= 0.6 is 11.8 Å². The Hall–Kier alpha value is -3.33. The summed E-state index contributed by atoms with van der Waals surface area (Å²) in [6, 6.07) is 17.8. The molecule has 8 nitrogen and oxygen atoms in total. The second kappa shape index (κ2) is 10.3. The van der Waals surface area contributed by atoms with Gasteiger partial charge in [-0.1, -0.05) is 54.2 Å². The normalized spacial score (nSPS) is 13.5. The lowest BCUT2D eigenvalue weighted by Crippen LogP contribution is -2.32. The van der Waals surface area contributed by atoms with E-state index >= 15 is 0 Å². The highest BCUT2D eigenvalue weighted by Crippen LogP contribution is 2.31. The number of carbonyl (C=O) groups excluding carboxylic acids is 2. The van der Waals surface area contributed by atoms with Gasteiger partial charge in [0.25, 0.3) is 0 Å². The van der Waals surface area contributed by atoms with Crippen molar-refractivity contribution in [1.82, 2.24) is 25.0 Å². The van der Waals surface area contributed by atoms with E-state index in [1.54, 1.807) is 18.9 Å². The predicted octanol–water partition coefficient (Wildman–Crippen LogP) is 3.23. The Labute approximate surface area is 191 Å². The van der Waals surface area contributed by atoms with E-state index in [0.29, 0.717) is 18.7 Å². The molecule has 166 valence electrons. The third-order valence-corrected chi connectivity index (χ3v) is 6.28. The van der Waals surface area contributed by atoms with Gasteiger partial charge in [0.05, 0.1) is 19.2 Å². The van der Waals surface area contributed by atoms with E-state index in [4.69, 9.17) is 4.74 Å². The number of imide groups is 1. The van der Waals surface area contributed by atoms with Crippen LogP contribution in [-0.2, 0) is 17.8 Å². The topological polar surface area (TPSA) is 89.4 Å². The van der Waals surface area contributed by atoms with Crippen LogP contribution < -0.4 is 10.1 Å². The van der Waals surface area contributed by atoms with E-state index in [1.807, 2.05) is 42.5 Å². The molecule has 0 saturated carbocycles. The zero-order valence-corrected chi connectivity index (χ0v) is 18.7. The number of methoxy groups -OCH3 is 1. The number of rotatable bonds is 10. The number of hydrogen-bond acceptors (Lipinski definition) is 6. The molecule has 0 spiro atoms. The Morgan fingerprint density at radius 3 is 2.56 bits per heavy atom. The van der Waals surface area contributed by atoms with E-state index in [0.717, 1.165) is 35.3 Å². The zero-order chi connectivity index (χ0) is 22.3. The van der Waals surface area contributed by atoms with Crippen molar-refractivity contribution in [2.75, 3.05) is 26.0 Å². The summed E-state index contributed by atoms with van der Waals surface area (Å²) in [6.07, 6.45) is 1.52. The number of para-hydroxylation sites is 1. The summed E-state index contributed by atoms with van der Waals surface area (Å²) in [6.45, 7) is 1.21. The summed E-state index contributed by atoms with van der Waals surface area (Å²) < 4.78 is 7.65. The molecule has 0 atom stereocenters. The Morgan fingerprint density at radius 2 is 1.81 bits per heavy atom. The summed E-state index contributed by atoms with van der Waals surface area (Å²) in [5.41, 5.74) is 2.13. The minimum atomic E-state index is -0.315. The summed E-state index contributed by atoms with van der Waals surface area (Å²) in [4.78, 5) is 24.7. The molecular weight excluding hydrogens is 426 g/mol. The predicted molar refractivity (Wildman–Crippen MR) is 123 cm³/mol. The van der Waals surface area contributed by atoms with Crippen molar-refractivity contribution < 1.29 is 14.3 Å². The Morgan fingerprint density at radius 1 is 1.03 bits per heavy atom. The zero-order valence-electron chi connectivity index (χ0n) is 17.9. The van der Waals surface area contributed by atoms with Crippen LogP contribution in [-0.4, -0.2) is 57.6 Å². The molecule has 1 N–H and O–H groups in total. The first-order valence-electron chi connectivity index (χ1n) is 10.5. The number of aryl methyl sites for hydroxylation is 1. The van der Waals surface area contributed by atoms with Gasteiger partial charge in [-0.3, -0.25) is 9.69 Å². The maximum absolute atomic E-state index is 11.7. The van der Waals surface area contributed by atoms with Crippen molar-refractivity contribution in [2.45, 2.75) is 24.5 Å². The molecule has 1 fully saturated rings. The maximum Gasteiger partial charge on any atom is 0.324 e. The molecule has 3 aromatic rings. The van der Waals surface area contributed by atoms with Crippen molar-refractivity contribution >= 4 is 23.7 Å². The van der Waals surface area contributed by atoms with Gasteiger partial charge in [-0.2, -0.15) is 0 Å². The van der Waals surface area contributed by atoms with E-state index in [-0.39, 0.29) is 18.5 Å². The first-order chi connectivity index (χ1) is 15.7. The van der Waals surface area contributed by atoms with Gasteiger partial charge in [0.1, 0.15) is 5.75 Å².